The molecule has 0 aliphatic carbocycles. The molecule has 0 aromatic heterocycles. The smallest absolute Gasteiger partial charge is 0.324 e. The van der Waals surface area contributed by atoms with E-state index in [4.69, 9.17) is 0 Å². The van der Waals surface area contributed by atoms with E-state index in [1.54, 1.807) is 6.07 Å². The van der Waals surface area contributed by atoms with Crippen LogP contribution in [0.3, 0.4) is 0 Å². The molecule has 9 heteroatoms. The molecule has 1 N–H and O–H groups in total. The van der Waals surface area contributed by atoms with Gasteiger partial charge < -0.3 is 5.32 Å². The van der Waals surface area contributed by atoms with Crippen molar-refractivity contribution in [1.82, 2.24) is 0 Å². The van der Waals surface area contributed by atoms with Gasteiger partial charge in [-0.25, -0.2) is 8.42 Å². The summed E-state index contributed by atoms with van der Waals surface area (Å²) in [6.45, 7) is 0. The van der Waals surface area contributed by atoms with E-state index in [9.17, 15) is 26.4 Å². The lowest BCUT2D eigenvalue weighted by Crippen LogP contribution is -2.16. The summed E-state index contributed by atoms with van der Waals surface area (Å²) in [6, 6.07) is 10.6. The fourth-order valence-corrected chi connectivity index (χ4v) is 3.59. The van der Waals surface area contributed by atoms with Gasteiger partial charge in [-0.1, -0.05) is 18.2 Å². The molecule has 0 heterocycles. The van der Waals surface area contributed by atoms with E-state index in [0.29, 0.717) is 4.90 Å². The number of thioether (sulfide) groups is 1. The van der Waals surface area contributed by atoms with Gasteiger partial charge in [0.1, 0.15) is 0 Å². The van der Waals surface area contributed by atoms with E-state index >= 15 is 0 Å². The molecule has 2 aromatic rings. The molecule has 0 spiro atoms. The van der Waals surface area contributed by atoms with Gasteiger partial charge in [0.2, 0.25) is 5.91 Å². The molecule has 2 aromatic carbocycles. The zero-order valence-corrected chi connectivity index (χ0v) is 14.6. The number of para-hydroxylation sites is 1. The van der Waals surface area contributed by atoms with Crippen molar-refractivity contribution in [2.75, 3.05) is 17.3 Å². The van der Waals surface area contributed by atoms with E-state index < -0.39 is 27.5 Å². The maximum atomic E-state index is 12.7. The van der Waals surface area contributed by atoms with Crippen molar-refractivity contribution in [3.8, 4) is 0 Å². The molecule has 0 bridgehead atoms. The van der Waals surface area contributed by atoms with Crippen molar-refractivity contribution in [3.05, 3.63) is 54.1 Å². The number of hydrogen-bond acceptors (Lipinski definition) is 4. The standard InChI is InChI=1S/C16H14F3NO3S2/c1-25(22,23)14-8-3-2-7-13(14)20-15(21)10-24-12-6-4-5-11(9-12)16(17,18)19/h2-9H,10H2,1H3,(H,20,21). The summed E-state index contributed by atoms with van der Waals surface area (Å²) in [5.74, 6) is -0.669. The summed E-state index contributed by atoms with van der Waals surface area (Å²) in [5.41, 5.74) is -0.653. The van der Waals surface area contributed by atoms with Crippen LogP contribution in [0.15, 0.2) is 58.3 Å². The predicted octanol–water partition coefficient (Wildman–Crippen LogP) is 3.84. The number of benzene rings is 2. The molecule has 1 amide bonds. The van der Waals surface area contributed by atoms with E-state index in [1.165, 1.54) is 30.3 Å². The SMILES string of the molecule is CS(=O)(=O)c1ccccc1NC(=O)CSc1cccc(C(F)(F)F)c1. The molecular weight excluding hydrogens is 375 g/mol. The van der Waals surface area contributed by atoms with E-state index in [1.807, 2.05) is 0 Å². The number of alkyl halides is 3. The molecule has 2 rings (SSSR count). The second kappa shape index (κ2) is 7.49. The van der Waals surface area contributed by atoms with Crippen LogP contribution >= 0.6 is 11.8 Å². The lowest BCUT2D eigenvalue weighted by atomic mass is 10.2. The second-order valence-corrected chi connectivity index (χ2v) is 8.16. The average Bonchev–Trinajstić information content (AvgIpc) is 2.52. The lowest BCUT2D eigenvalue weighted by Gasteiger charge is -2.10. The molecule has 25 heavy (non-hydrogen) atoms. The van der Waals surface area contributed by atoms with Crippen LogP contribution in [0.25, 0.3) is 0 Å². The molecule has 0 aliphatic heterocycles. The maximum absolute atomic E-state index is 12.7. The first kappa shape index (κ1) is 19.3. The molecule has 4 nitrogen and oxygen atoms in total. The molecule has 0 fully saturated rings. The molecule has 0 atom stereocenters. The lowest BCUT2D eigenvalue weighted by molar-refractivity contribution is -0.137. The van der Waals surface area contributed by atoms with Gasteiger partial charge in [0.05, 0.1) is 21.9 Å². The molecule has 0 unspecified atom stereocenters. The van der Waals surface area contributed by atoms with Crippen LogP contribution in [-0.2, 0) is 20.8 Å². The third-order valence-corrected chi connectivity index (χ3v) is 5.24. The van der Waals surface area contributed by atoms with Crippen molar-refractivity contribution < 1.29 is 26.4 Å². The highest BCUT2D eigenvalue weighted by molar-refractivity contribution is 8.00. The zero-order chi connectivity index (χ0) is 18.7. The third-order valence-electron chi connectivity index (χ3n) is 3.09. The number of hydrogen-bond donors (Lipinski definition) is 1. The third kappa shape index (κ3) is 5.50. The summed E-state index contributed by atoms with van der Waals surface area (Å²) in [5, 5.41) is 2.47. The maximum Gasteiger partial charge on any atom is 0.416 e. The molecule has 0 aliphatic rings. The highest BCUT2D eigenvalue weighted by atomic mass is 32.2. The van der Waals surface area contributed by atoms with Gasteiger partial charge in [0, 0.05) is 11.2 Å². The van der Waals surface area contributed by atoms with Crippen LogP contribution in [0.2, 0.25) is 0 Å². The first-order chi connectivity index (χ1) is 11.6. The number of halogens is 3. The largest absolute Gasteiger partial charge is 0.416 e. The zero-order valence-electron chi connectivity index (χ0n) is 13.0. The van der Waals surface area contributed by atoms with E-state index in [-0.39, 0.29) is 16.3 Å². The number of carbonyl (C=O) groups is 1. The first-order valence-electron chi connectivity index (χ1n) is 6.96. The van der Waals surface area contributed by atoms with Gasteiger partial charge in [-0.3, -0.25) is 4.79 Å². The number of carbonyl (C=O) groups excluding carboxylic acids is 1. The number of sulfone groups is 1. The Bertz CT molecular complexity index is 880. The molecule has 134 valence electrons. The Morgan fingerprint density at radius 2 is 1.80 bits per heavy atom. The quantitative estimate of drug-likeness (QED) is 0.790. The predicted molar refractivity (Wildman–Crippen MR) is 90.3 cm³/mol. The van der Waals surface area contributed by atoms with Crippen LogP contribution in [0.5, 0.6) is 0 Å². The Labute approximate surface area is 147 Å². The van der Waals surface area contributed by atoms with Crippen molar-refractivity contribution in [3.63, 3.8) is 0 Å². The van der Waals surface area contributed by atoms with Crippen LogP contribution in [0.1, 0.15) is 5.56 Å². The minimum absolute atomic E-state index is 0.0209. The minimum Gasteiger partial charge on any atom is -0.324 e. The van der Waals surface area contributed by atoms with Crippen molar-refractivity contribution in [1.29, 1.82) is 0 Å². The monoisotopic (exact) mass is 389 g/mol. The van der Waals surface area contributed by atoms with Gasteiger partial charge >= 0.3 is 6.18 Å². The van der Waals surface area contributed by atoms with Crippen LogP contribution in [0, 0.1) is 0 Å². The topological polar surface area (TPSA) is 63.2 Å². The fraction of sp³-hybridized carbons (Fsp3) is 0.188. The van der Waals surface area contributed by atoms with Crippen LogP contribution in [0.4, 0.5) is 18.9 Å². The number of anilines is 1. The highest BCUT2D eigenvalue weighted by Gasteiger charge is 2.30. The Kier molecular flexibility index (Phi) is 5.79. The first-order valence-corrected chi connectivity index (χ1v) is 9.84. The second-order valence-electron chi connectivity index (χ2n) is 5.13. The summed E-state index contributed by atoms with van der Waals surface area (Å²) in [7, 11) is -3.51. The highest BCUT2D eigenvalue weighted by Crippen LogP contribution is 2.32. The van der Waals surface area contributed by atoms with Gasteiger partial charge in [-0.2, -0.15) is 13.2 Å². The van der Waals surface area contributed by atoms with Gasteiger partial charge in [0.15, 0.2) is 9.84 Å². The van der Waals surface area contributed by atoms with Gasteiger partial charge in [0.25, 0.3) is 0 Å². The summed E-state index contributed by atoms with van der Waals surface area (Å²) in [6.07, 6.45) is -3.43. The Morgan fingerprint density at radius 1 is 1.12 bits per heavy atom. The van der Waals surface area contributed by atoms with E-state index in [2.05, 4.69) is 5.32 Å². The average molecular weight is 389 g/mol. The Morgan fingerprint density at radius 3 is 2.44 bits per heavy atom. The number of rotatable bonds is 5. The van der Waals surface area contributed by atoms with Crippen molar-refractivity contribution >= 4 is 33.2 Å². The van der Waals surface area contributed by atoms with E-state index in [0.717, 1.165) is 30.2 Å². The van der Waals surface area contributed by atoms with Crippen molar-refractivity contribution in [2.45, 2.75) is 16.0 Å². The van der Waals surface area contributed by atoms with Crippen molar-refractivity contribution in [2.24, 2.45) is 0 Å². The summed E-state index contributed by atoms with van der Waals surface area (Å²) in [4.78, 5) is 12.3. The normalized spacial score (nSPS) is 12.0. The summed E-state index contributed by atoms with van der Waals surface area (Å²) < 4.78 is 61.4. The number of amides is 1. The summed E-state index contributed by atoms with van der Waals surface area (Å²) >= 11 is 0.930. The Balaban J connectivity index is 2.06. The Hall–Kier alpha value is -2.00. The minimum atomic E-state index is -4.45. The number of nitrogens with one attached hydrogen (secondary N) is 1. The molecule has 0 radical (unpaired) electrons. The molecular formula is C16H14F3NO3S2. The van der Waals surface area contributed by atoms with Gasteiger partial charge in [-0.05, 0) is 30.3 Å². The molecule has 0 saturated carbocycles. The molecule has 0 saturated heterocycles. The fourth-order valence-electron chi connectivity index (χ4n) is 1.99. The van der Waals surface area contributed by atoms with Crippen LogP contribution < -0.4 is 5.32 Å². The van der Waals surface area contributed by atoms with Gasteiger partial charge in [-0.15, -0.1) is 11.8 Å². The van der Waals surface area contributed by atoms with Crippen LogP contribution in [-0.4, -0.2) is 26.3 Å².